The number of carbonyl (C=O) groups is 2. The first-order valence-electron chi connectivity index (χ1n) is 24.1. The van der Waals surface area contributed by atoms with Crippen LogP contribution in [0.3, 0.4) is 0 Å². The average molecular weight is 776 g/mol. The summed E-state index contributed by atoms with van der Waals surface area (Å²) in [5.74, 6) is -0.502. The number of aliphatic hydroxyl groups is 2. The van der Waals surface area contributed by atoms with E-state index in [0.29, 0.717) is 19.3 Å². The van der Waals surface area contributed by atoms with Crippen molar-refractivity contribution in [2.24, 2.45) is 0 Å². The van der Waals surface area contributed by atoms with Gasteiger partial charge in [0, 0.05) is 6.42 Å². The number of rotatable bonds is 43. The van der Waals surface area contributed by atoms with Crippen LogP contribution >= 0.6 is 0 Å². The molecule has 0 aromatic carbocycles. The Balaban J connectivity index is 4.63. The van der Waals surface area contributed by atoms with Gasteiger partial charge in [0.05, 0.1) is 25.2 Å². The van der Waals surface area contributed by atoms with E-state index in [1.54, 1.807) is 0 Å². The number of esters is 1. The highest BCUT2D eigenvalue weighted by atomic mass is 16.5. The molecular weight excluding hydrogens is 683 g/mol. The van der Waals surface area contributed by atoms with E-state index in [-0.39, 0.29) is 24.9 Å². The smallest absolute Gasteiger partial charge is 0.306 e. The molecular formula is C49H93NO5. The molecule has 3 atom stereocenters. The zero-order valence-corrected chi connectivity index (χ0v) is 36.8. The summed E-state index contributed by atoms with van der Waals surface area (Å²) >= 11 is 0. The highest BCUT2D eigenvalue weighted by Gasteiger charge is 2.24. The molecule has 3 unspecified atom stereocenters. The van der Waals surface area contributed by atoms with Crippen LogP contribution in [-0.4, -0.2) is 46.9 Å². The van der Waals surface area contributed by atoms with Gasteiger partial charge >= 0.3 is 5.97 Å². The fourth-order valence-electron chi connectivity index (χ4n) is 7.30. The summed E-state index contributed by atoms with van der Waals surface area (Å²) < 4.78 is 5.90. The number of aliphatic hydroxyl groups excluding tert-OH is 2. The number of unbranched alkanes of at least 4 members (excludes halogenated alkanes) is 27. The summed E-state index contributed by atoms with van der Waals surface area (Å²) in [6.45, 7) is 6.45. The van der Waals surface area contributed by atoms with Crippen molar-refractivity contribution in [1.82, 2.24) is 5.32 Å². The van der Waals surface area contributed by atoms with Gasteiger partial charge in [-0.15, -0.1) is 0 Å². The van der Waals surface area contributed by atoms with E-state index in [2.05, 4.69) is 50.4 Å². The van der Waals surface area contributed by atoms with Gasteiger partial charge < -0.3 is 20.3 Å². The second kappa shape index (κ2) is 43.5. The molecule has 6 nitrogen and oxygen atoms in total. The number of allylic oxidation sites excluding steroid dienone is 4. The molecule has 0 spiro atoms. The summed E-state index contributed by atoms with van der Waals surface area (Å²) in [6, 6.07) is -0.703. The number of hydrogen-bond donors (Lipinski definition) is 3. The normalized spacial score (nSPS) is 13.5. The second-order valence-corrected chi connectivity index (χ2v) is 16.5. The Morgan fingerprint density at radius 3 is 1.31 bits per heavy atom. The predicted molar refractivity (Wildman–Crippen MR) is 236 cm³/mol. The topological polar surface area (TPSA) is 95.9 Å². The number of nitrogens with one attached hydrogen (secondary N) is 1. The number of amides is 1. The largest absolute Gasteiger partial charge is 0.462 e. The van der Waals surface area contributed by atoms with E-state index < -0.39 is 18.2 Å². The molecule has 1 amide bonds. The minimum atomic E-state index is -0.788. The van der Waals surface area contributed by atoms with Gasteiger partial charge in [0.25, 0.3) is 0 Å². The lowest BCUT2D eigenvalue weighted by molar-refractivity contribution is -0.151. The van der Waals surface area contributed by atoms with Crippen molar-refractivity contribution in [2.75, 3.05) is 6.61 Å². The third kappa shape index (κ3) is 39.0. The standard InChI is InChI=1S/C49H93NO5/c1-4-7-10-13-16-19-21-23-25-26-29-31-34-37-40-45(55-49(54)42-39-36-33-30-27-24-22-20-17-14-11-8-5-2)43-48(53)50-46(44-51)47(52)41-38-35-32-28-18-15-12-9-6-3/h24-27,45-47,51-52H,4-23,28-44H2,1-3H3,(H,50,53)/b26-25+,27-24-. The molecule has 0 aliphatic rings. The van der Waals surface area contributed by atoms with Gasteiger partial charge in [-0.1, -0.05) is 186 Å². The van der Waals surface area contributed by atoms with Crippen LogP contribution in [0.25, 0.3) is 0 Å². The maximum absolute atomic E-state index is 13.1. The van der Waals surface area contributed by atoms with Gasteiger partial charge in [0.2, 0.25) is 5.91 Å². The van der Waals surface area contributed by atoms with Crippen molar-refractivity contribution in [1.29, 1.82) is 0 Å². The van der Waals surface area contributed by atoms with E-state index in [4.69, 9.17) is 4.74 Å². The number of hydrogen-bond acceptors (Lipinski definition) is 5. The van der Waals surface area contributed by atoms with Gasteiger partial charge in [0.1, 0.15) is 6.10 Å². The van der Waals surface area contributed by atoms with Crippen molar-refractivity contribution in [3.63, 3.8) is 0 Å². The van der Waals surface area contributed by atoms with Gasteiger partial charge in [-0.05, 0) is 77.0 Å². The summed E-state index contributed by atoms with van der Waals surface area (Å²) in [5, 5.41) is 23.6. The molecule has 0 saturated heterocycles. The molecule has 6 heteroatoms. The molecule has 55 heavy (non-hydrogen) atoms. The maximum atomic E-state index is 13.1. The van der Waals surface area contributed by atoms with Crippen molar-refractivity contribution in [3.8, 4) is 0 Å². The minimum Gasteiger partial charge on any atom is -0.462 e. The van der Waals surface area contributed by atoms with Gasteiger partial charge in [-0.25, -0.2) is 0 Å². The van der Waals surface area contributed by atoms with Gasteiger partial charge in [-0.2, -0.15) is 0 Å². The average Bonchev–Trinajstić information content (AvgIpc) is 3.18. The molecule has 0 aromatic rings. The van der Waals surface area contributed by atoms with E-state index in [1.165, 1.54) is 135 Å². The number of ether oxygens (including phenoxy) is 1. The monoisotopic (exact) mass is 776 g/mol. The first-order valence-corrected chi connectivity index (χ1v) is 24.1. The molecule has 0 fully saturated rings. The molecule has 0 bridgehead atoms. The fraction of sp³-hybridized carbons (Fsp3) is 0.878. The van der Waals surface area contributed by atoms with E-state index >= 15 is 0 Å². The van der Waals surface area contributed by atoms with Crippen LogP contribution in [0.4, 0.5) is 0 Å². The van der Waals surface area contributed by atoms with Crippen molar-refractivity contribution in [3.05, 3.63) is 24.3 Å². The predicted octanol–water partition coefficient (Wildman–Crippen LogP) is 14.0. The quantitative estimate of drug-likeness (QED) is 0.0326. The fourth-order valence-corrected chi connectivity index (χ4v) is 7.30. The van der Waals surface area contributed by atoms with E-state index in [1.807, 2.05) is 0 Å². The Hall–Kier alpha value is -1.66. The molecule has 0 radical (unpaired) electrons. The first-order chi connectivity index (χ1) is 27.0. The highest BCUT2D eigenvalue weighted by molar-refractivity contribution is 5.77. The molecule has 3 N–H and O–H groups in total. The molecule has 0 heterocycles. The zero-order valence-electron chi connectivity index (χ0n) is 36.8. The van der Waals surface area contributed by atoms with Crippen LogP contribution < -0.4 is 5.32 Å². The van der Waals surface area contributed by atoms with Crippen LogP contribution in [0.2, 0.25) is 0 Å². The van der Waals surface area contributed by atoms with Gasteiger partial charge in [0.15, 0.2) is 0 Å². The van der Waals surface area contributed by atoms with Crippen molar-refractivity contribution >= 4 is 11.9 Å². The lowest BCUT2D eigenvalue weighted by Gasteiger charge is -2.24. The van der Waals surface area contributed by atoms with Crippen LogP contribution in [0.5, 0.6) is 0 Å². The van der Waals surface area contributed by atoms with Crippen molar-refractivity contribution < 1.29 is 24.5 Å². The Labute approximate surface area is 341 Å². The summed E-state index contributed by atoms with van der Waals surface area (Å²) in [4.78, 5) is 26.0. The van der Waals surface area contributed by atoms with Crippen molar-refractivity contribution in [2.45, 2.75) is 270 Å². The molecule has 0 aliphatic carbocycles. The summed E-state index contributed by atoms with van der Waals surface area (Å²) in [7, 11) is 0. The van der Waals surface area contributed by atoms with Crippen LogP contribution in [0.1, 0.15) is 252 Å². The summed E-state index contributed by atoms with van der Waals surface area (Å²) in [5.41, 5.74) is 0. The van der Waals surface area contributed by atoms with E-state index in [9.17, 15) is 19.8 Å². The third-order valence-corrected chi connectivity index (χ3v) is 11.0. The van der Waals surface area contributed by atoms with Crippen LogP contribution in [-0.2, 0) is 14.3 Å². The Bertz CT molecular complexity index is 873. The zero-order chi connectivity index (χ0) is 40.3. The highest BCUT2D eigenvalue weighted by Crippen LogP contribution is 2.17. The van der Waals surface area contributed by atoms with Gasteiger partial charge in [-0.3, -0.25) is 9.59 Å². The lowest BCUT2D eigenvalue weighted by atomic mass is 10.0. The number of carbonyl (C=O) groups excluding carboxylic acids is 2. The summed E-state index contributed by atoms with van der Waals surface area (Å²) in [6.07, 6.45) is 48.1. The minimum absolute atomic E-state index is 0.0642. The maximum Gasteiger partial charge on any atom is 0.306 e. The first kappa shape index (κ1) is 53.3. The van der Waals surface area contributed by atoms with E-state index in [0.717, 1.165) is 70.6 Å². The molecule has 0 rings (SSSR count). The third-order valence-electron chi connectivity index (χ3n) is 11.0. The SMILES string of the molecule is CCCCCCCC/C=C\CCCCCC(=O)OC(CCCCC/C=C/CCCCCCCCC)CC(=O)NC(CO)C(O)CCCCCCCCCCC. The Morgan fingerprint density at radius 1 is 0.509 bits per heavy atom. The molecule has 324 valence electrons. The Kier molecular flexibility index (Phi) is 42.2. The molecule has 0 aliphatic heterocycles. The lowest BCUT2D eigenvalue weighted by Crippen LogP contribution is -2.46. The Morgan fingerprint density at radius 2 is 0.873 bits per heavy atom. The molecule has 0 aromatic heterocycles. The van der Waals surface area contributed by atoms with Crippen LogP contribution in [0.15, 0.2) is 24.3 Å². The molecule has 0 saturated carbocycles. The van der Waals surface area contributed by atoms with Crippen LogP contribution in [0, 0.1) is 0 Å². The second-order valence-electron chi connectivity index (χ2n) is 16.5.